The van der Waals surface area contributed by atoms with E-state index in [1.54, 1.807) is 6.20 Å². The van der Waals surface area contributed by atoms with E-state index in [2.05, 4.69) is 22.4 Å². The third-order valence-electron chi connectivity index (χ3n) is 5.68. The van der Waals surface area contributed by atoms with E-state index in [0.29, 0.717) is 10.9 Å². The summed E-state index contributed by atoms with van der Waals surface area (Å²) < 4.78 is 12.5. The molecule has 1 aromatic carbocycles. The molecule has 0 amide bonds. The zero-order chi connectivity index (χ0) is 16.4. The maximum Gasteiger partial charge on any atom is 0.292 e. The molecule has 3 atom stereocenters. The second-order valence-electron chi connectivity index (χ2n) is 7.16. The molecule has 1 saturated carbocycles. The van der Waals surface area contributed by atoms with Gasteiger partial charge in [0.05, 0.1) is 5.02 Å². The van der Waals surface area contributed by atoms with Crippen molar-refractivity contribution in [1.29, 1.82) is 0 Å². The van der Waals surface area contributed by atoms with E-state index >= 15 is 0 Å². The zero-order valence-electron chi connectivity index (χ0n) is 13.5. The minimum Gasteiger partial charge on any atom is -0.443 e. The van der Waals surface area contributed by atoms with Crippen molar-refractivity contribution in [2.24, 2.45) is 5.92 Å². The van der Waals surface area contributed by atoms with Crippen molar-refractivity contribution in [2.75, 3.05) is 13.1 Å². The molecule has 3 heterocycles. The topological polar surface area (TPSA) is 43.4 Å². The van der Waals surface area contributed by atoms with Gasteiger partial charge >= 0.3 is 0 Å². The number of nitrogens with one attached hydrogen (secondary N) is 1. The molecule has 1 N–H and O–H groups in total. The van der Waals surface area contributed by atoms with Crippen LogP contribution in [0.5, 0.6) is 11.5 Å². The minimum absolute atomic E-state index is 0.263. The standard InChI is InChI=1S/C19H19ClN2O2/c1-18(16-6-5-13(20)11-22-16)23-15-4-2-3-14(17(15)24-18)19-7-8-21-10-12(19)9-19/h2-6,11-12,21H,7-10H2,1H3/t12?,18-,19?/m1/s1. The molecule has 124 valence electrons. The van der Waals surface area contributed by atoms with Crippen LogP contribution in [-0.2, 0) is 11.2 Å². The molecule has 1 saturated heterocycles. The van der Waals surface area contributed by atoms with E-state index in [0.717, 1.165) is 36.7 Å². The zero-order valence-corrected chi connectivity index (χ0v) is 14.3. The summed E-state index contributed by atoms with van der Waals surface area (Å²) in [5.74, 6) is 1.50. The molecule has 5 rings (SSSR count). The van der Waals surface area contributed by atoms with Crippen molar-refractivity contribution in [2.45, 2.75) is 31.0 Å². The van der Waals surface area contributed by atoms with Gasteiger partial charge in [-0.05, 0) is 50.0 Å². The van der Waals surface area contributed by atoms with Crippen LogP contribution in [0.3, 0.4) is 0 Å². The number of halogens is 1. The fraction of sp³-hybridized carbons (Fsp3) is 0.421. The van der Waals surface area contributed by atoms with Crippen molar-refractivity contribution >= 4 is 11.6 Å². The Morgan fingerprint density at radius 3 is 2.96 bits per heavy atom. The molecule has 0 radical (unpaired) electrons. The highest BCUT2D eigenvalue weighted by atomic mass is 35.5. The molecule has 2 fully saturated rings. The summed E-state index contributed by atoms with van der Waals surface area (Å²) >= 11 is 5.95. The summed E-state index contributed by atoms with van der Waals surface area (Å²) in [6.07, 6.45) is 4.02. The van der Waals surface area contributed by atoms with E-state index in [4.69, 9.17) is 21.1 Å². The number of ether oxygens (including phenoxy) is 2. The van der Waals surface area contributed by atoms with Crippen LogP contribution < -0.4 is 14.8 Å². The van der Waals surface area contributed by atoms with E-state index in [-0.39, 0.29) is 5.41 Å². The van der Waals surface area contributed by atoms with Gasteiger partial charge in [0.2, 0.25) is 0 Å². The van der Waals surface area contributed by atoms with E-state index in [1.807, 2.05) is 25.1 Å². The lowest BCUT2D eigenvalue weighted by molar-refractivity contribution is -0.0722. The number of para-hydroxylation sites is 1. The first-order valence-corrected chi connectivity index (χ1v) is 8.83. The molecular formula is C19H19ClN2O2. The Balaban J connectivity index is 1.53. The van der Waals surface area contributed by atoms with E-state index in [1.165, 1.54) is 12.0 Å². The minimum atomic E-state index is -0.906. The molecule has 0 spiro atoms. The maximum atomic E-state index is 6.35. The first kappa shape index (κ1) is 14.6. The third-order valence-corrected chi connectivity index (χ3v) is 5.90. The number of hydrogen-bond acceptors (Lipinski definition) is 4. The van der Waals surface area contributed by atoms with Gasteiger partial charge in [-0.1, -0.05) is 23.7 Å². The van der Waals surface area contributed by atoms with Gasteiger partial charge in [-0.3, -0.25) is 4.98 Å². The van der Waals surface area contributed by atoms with Crippen LogP contribution in [0.2, 0.25) is 5.02 Å². The molecular weight excluding hydrogens is 324 g/mol. The number of rotatable bonds is 2. The molecule has 2 unspecified atom stereocenters. The molecule has 3 aliphatic rings. The number of aromatic nitrogens is 1. The highest BCUT2D eigenvalue weighted by Gasteiger charge is 2.58. The molecule has 1 aromatic heterocycles. The van der Waals surface area contributed by atoms with E-state index in [9.17, 15) is 0 Å². The first-order chi connectivity index (χ1) is 11.6. The first-order valence-electron chi connectivity index (χ1n) is 8.45. The Kier molecular flexibility index (Phi) is 2.95. The number of nitrogens with zero attached hydrogens (tertiary/aromatic N) is 1. The molecule has 4 nitrogen and oxygen atoms in total. The number of piperidine rings is 1. The average molecular weight is 343 g/mol. The van der Waals surface area contributed by atoms with Crippen molar-refractivity contribution in [3.8, 4) is 11.5 Å². The van der Waals surface area contributed by atoms with Crippen LogP contribution in [-0.4, -0.2) is 18.1 Å². The van der Waals surface area contributed by atoms with Crippen LogP contribution in [0, 0.1) is 5.92 Å². The Hall–Kier alpha value is -1.78. The summed E-state index contributed by atoms with van der Waals surface area (Å²) in [5, 5.41) is 4.10. The summed E-state index contributed by atoms with van der Waals surface area (Å²) in [7, 11) is 0. The van der Waals surface area contributed by atoms with Gasteiger partial charge in [0, 0.05) is 24.1 Å². The summed E-state index contributed by atoms with van der Waals surface area (Å²) in [6.45, 7) is 4.08. The average Bonchev–Trinajstić information content (AvgIpc) is 3.23. The summed E-state index contributed by atoms with van der Waals surface area (Å²) in [5.41, 5.74) is 2.28. The number of pyridine rings is 1. The molecule has 1 aliphatic carbocycles. The maximum absolute atomic E-state index is 6.35. The van der Waals surface area contributed by atoms with Gasteiger partial charge in [0.15, 0.2) is 11.5 Å². The molecule has 5 heteroatoms. The number of benzene rings is 1. The highest BCUT2D eigenvalue weighted by Crippen LogP contribution is 2.62. The summed E-state index contributed by atoms with van der Waals surface area (Å²) in [6, 6.07) is 9.93. The van der Waals surface area contributed by atoms with Crippen molar-refractivity contribution in [3.05, 3.63) is 52.8 Å². The van der Waals surface area contributed by atoms with Gasteiger partial charge < -0.3 is 14.8 Å². The van der Waals surface area contributed by atoms with Gasteiger partial charge in [0.1, 0.15) is 5.69 Å². The van der Waals surface area contributed by atoms with Crippen molar-refractivity contribution in [3.63, 3.8) is 0 Å². The second-order valence-corrected chi connectivity index (χ2v) is 7.59. The molecule has 0 bridgehead atoms. The van der Waals surface area contributed by atoms with Gasteiger partial charge in [-0.15, -0.1) is 0 Å². The Morgan fingerprint density at radius 1 is 1.25 bits per heavy atom. The Morgan fingerprint density at radius 2 is 2.17 bits per heavy atom. The lowest BCUT2D eigenvalue weighted by atomic mass is 9.87. The normalized spacial score (nSPS) is 33.2. The number of fused-ring (bicyclic) bond motifs is 2. The lowest BCUT2D eigenvalue weighted by Crippen LogP contribution is -2.33. The second kappa shape index (κ2) is 4.87. The monoisotopic (exact) mass is 342 g/mol. The van der Waals surface area contributed by atoms with Crippen LogP contribution in [0.15, 0.2) is 36.5 Å². The predicted octanol–water partition coefficient (Wildman–Crippen LogP) is 3.63. The SMILES string of the molecule is C[C@@]1(c2ccc(Cl)cn2)Oc2cccc(C34CCNCC3C4)c2O1. The quantitative estimate of drug-likeness (QED) is 0.905. The fourth-order valence-electron chi connectivity index (χ4n) is 4.27. The van der Waals surface area contributed by atoms with Gasteiger partial charge in [-0.25, -0.2) is 0 Å². The molecule has 24 heavy (non-hydrogen) atoms. The predicted molar refractivity (Wildman–Crippen MR) is 91.6 cm³/mol. The summed E-state index contributed by atoms with van der Waals surface area (Å²) in [4.78, 5) is 4.39. The molecule has 2 aromatic rings. The van der Waals surface area contributed by atoms with Crippen molar-refractivity contribution in [1.82, 2.24) is 10.3 Å². The van der Waals surface area contributed by atoms with Gasteiger partial charge in [-0.2, -0.15) is 0 Å². The van der Waals surface area contributed by atoms with Crippen LogP contribution in [0.4, 0.5) is 0 Å². The van der Waals surface area contributed by atoms with Crippen LogP contribution in [0.25, 0.3) is 0 Å². The van der Waals surface area contributed by atoms with Crippen LogP contribution >= 0.6 is 11.6 Å². The number of hydrogen-bond donors (Lipinski definition) is 1. The highest BCUT2D eigenvalue weighted by molar-refractivity contribution is 6.30. The largest absolute Gasteiger partial charge is 0.443 e. The Bertz CT molecular complexity index is 810. The van der Waals surface area contributed by atoms with E-state index < -0.39 is 5.79 Å². The van der Waals surface area contributed by atoms with Crippen molar-refractivity contribution < 1.29 is 9.47 Å². The Labute approximate surface area is 146 Å². The van der Waals surface area contributed by atoms with Gasteiger partial charge in [0.25, 0.3) is 5.79 Å². The van der Waals surface area contributed by atoms with Crippen LogP contribution in [0.1, 0.15) is 31.0 Å². The third kappa shape index (κ3) is 1.99. The fourth-order valence-corrected chi connectivity index (χ4v) is 4.39. The lowest BCUT2D eigenvalue weighted by Gasteiger charge is -2.25. The molecule has 2 aliphatic heterocycles. The smallest absolute Gasteiger partial charge is 0.292 e.